The zero-order valence-corrected chi connectivity index (χ0v) is 16.6. The summed E-state index contributed by atoms with van der Waals surface area (Å²) in [5.74, 6) is 0.717. The van der Waals surface area contributed by atoms with Crippen LogP contribution in [0.4, 0.5) is 8.78 Å². The van der Waals surface area contributed by atoms with Crippen molar-refractivity contribution in [2.24, 2.45) is 12.0 Å². The van der Waals surface area contributed by atoms with Gasteiger partial charge < -0.3 is 15.4 Å². The Morgan fingerprint density at radius 1 is 1.32 bits per heavy atom. The lowest BCUT2D eigenvalue weighted by Crippen LogP contribution is -2.36. The molecule has 0 amide bonds. The second kappa shape index (κ2) is 10.2. The number of guanidine groups is 1. The molecule has 1 aromatic heterocycles. The number of ether oxygens (including phenoxy) is 1. The predicted molar refractivity (Wildman–Crippen MR) is 103 cm³/mol. The van der Waals surface area contributed by atoms with Crippen LogP contribution in [0.3, 0.4) is 0 Å². The van der Waals surface area contributed by atoms with Crippen LogP contribution < -0.4 is 15.4 Å². The van der Waals surface area contributed by atoms with E-state index >= 15 is 0 Å². The molecule has 0 aliphatic rings. The molecule has 0 radical (unpaired) electrons. The zero-order chi connectivity index (χ0) is 17.5. The number of halogens is 3. The first-order valence-electron chi connectivity index (χ1n) is 7.44. The molecule has 6 nitrogen and oxygen atoms in total. The van der Waals surface area contributed by atoms with Crippen LogP contribution in [0.1, 0.15) is 16.7 Å². The van der Waals surface area contributed by atoms with Crippen LogP contribution in [0.5, 0.6) is 5.75 Å². The van der Waals surface area contributed by atoms with Gasteiger partial charge in [0.2, 0.25) is 0 Å². The molecule has 9 heteroatoms. The van der Waals surface area contributed by atoms with E-state index in [2.05, 4.69) is 25.5 Å². The highest BCUT2D eigenvalue weighted by Gasteiger charge is 2.10. The molecule has 0 saturated heterocycles. The molecule has 1 aromatic carbocycles. The Balaban J connectivity index is 0.00000312. The first-order chi connectivity index (χ1) is 11.5. The van der Waals surface area contributed by atoms with Gasteiger partial charge in [0, 0.05) is 44.5 Å². The summed E-state index contributed by atoms with van der Waals surface area (Å²) in [4.78, 5) is 4.12. The van der Waals surface area contributed by atoms with Gasteiger partial charge in [-0.05, 0) is 13.0 Å². The summed E-state index contributed by atoms with van der Waals surface area (Å²) >= 11 is 0. The minimum Gasteiger partial charge on any atom is -0.434 e. The minimum atomic E-state index is -2.85. The highest BCUT2D eigenvalue weighted by atomic mass is 127. The summed E-state index contributed by atoms with van der Waals surface area (Å²) in [5, 5.41) is 10.3. The number of rotatable bonds is 6. The first-order valence-corrected chi connectivity index (χ1v) is 7.44. The van der Waals surface area contributed by atoms with Gasteiger partial charge >= 0.3 is 6.61 Å². The van der Waals surface area contributed by atoms with Crippen LogP contribution in [-0.4, -0.2) is 29.4 Å². The van der Waals surface area contributed by atoms with E-state index in [4.69, 9.17) is 0 Å². The highest BCUT2D eigenvalue weighted by Crippen LogP contribution is 2.21. The van der Waals surface area contributed by atoms with E-state index in [1.54, 1.807) is 36.1 Å². The van der Waals surface area contributed by atoms with Crippen molar-refractivity contribution in [1.82, 2.24) is 20.4 Å². The fraction of sp³-hybridized carbons (Fsp3) is 0.375. The van der Waals surface area contributed by atoms with Crippen molar-refractivity contribution in [1.29, 1.82) is 0 Å². The quantitative estimate of drug-likeness (QED) is 0.392. The second-order valence-corrected chi connectivity index (χ2v) is 5.29. The van der Waals surface area contributed by atoms with Crippen molar-refractivity contribution >= 4 is 29.9 Å². The van der Waals surface area contributed by atoms with Crippen LogP contribution in [0, 0.1) is 6.92 Å². The molecule has 2 N–H and O–H groups in total. The Bertz CT molecular complexity index is 706. The van der Waals surface area contributed by atoms with Crippen molar-refractivity contribution in [3.05, 3.63) is 47.3 Å². The molecule has 0 spiro atoms. The fourth-order valence-corrected chi connectivity index (χ4v) is 2.21. The van der Waals surface area contributed by atoms with Gasteiger partial charge in [-0.25, -0.2) is 0 Å². The van der Waals surface area contributed by atoms with E-state index in [9.17, 15) is 8.78 Å². The molecule has 0 unspecified atom stereocenters. The SMILES string of the molecule is CN=C(NCc1cnn(C)c1)NCc1cc(C)ccc1OC(F)F.I. The third-order valence-corrected chi connectivity index (χ3v) is 3.32. The van der Waals surface area contributed by atoms with Gasteiger partial charge in [0.25, 0.3) is 0 Å². The average Bonchev–Trinajstić information content (AvgIpc) is 2.95. The molecule has 138 valence electrons. The molecule has 0 aliphatic carbocycles. The molecule has 1 heterocycles. The highest BCUT2D eigenvalue weighted by molar-refractivity contribution is 14.0. The number of alkyl halides is 2. The molecule has 2 aromatic rings. The second-order valence-electron chi connectivity index (χ2n) is 5.29. The number of benzene rings is 1. The van der Waals surface area contributed by atoms with Crippen LogP contribution in [0.25, 0.3) is 0 Å². The number of nitrogens with zero attached hydrogens (tertiary/aromatic N) is 3. The number of hydrogen-bond donors (Lipinski definition) is 2. The van der Waals surface area contributed by atoms with E-state index in [0.717, 1.165) is 11.1 Å². The van der Waals surface area contributed by atoms with Crippen LogP contribution in [0.15, 0.2) is 35.6 Å². The van der Waals surface area contributed by atoms with Crippen LogP contribution in [0.2, 0.25) is 0 Å². The number of hydrogen-bond acceptors (Lipinski definition) is 3. The summed E-state index contributed by atoms with van der Waals surface area (Å²) in [6, 6.07) is 5.08. The van der Waals surface area contributed by atoms with Gasteiger partial charge in [0.05, 0.1) is 6.20 Å². The van der Waals surface area contributed by atoms with Crippen molar-refractivity contribution < 1.29 is 13.5 Å². The van der Waals surface area contributed by atoms with Gasteiger partial charge in [0.1, 0.15) is 5.75 Å². The Kier molecular flexibility index (Phi) is 8.59. The topological polar surface area (TPSA) is 63.5 Å². The van der Waals surface area contributed by atoms with Gasteiger partial charge in [-0.3, -0.25) is 9.67 Å². The maximum Gasteiger partial charge on any atom is 0.387 e. The third-order valence-electron chi connectivity index (χ3n) is 3.32. The van der Waals surface area contributed by atoms with Gasteiger partial charge in [-0.2, -0.15) is 13.9 Å². The van der Waals surface area contributed by atoms with E-state index in [-0.39, 0.29) is 29.7 Å². The summed E-state index contributed by atoms with van der Waals surface area (Å²) in [6.45, 7) is -0.0852. The monoisotopic (exact) mass is 465 g/mol. The summed E-state index contributed by atoms with van der Waals surface area (Å²) in [7, 11) is 3.49. The first kappa shape index (κ1) is 21.1. The molecule has 0 atom stereocenters. The molecule has 0 bridgehead atoms. The molecule has 0 fully saturated rings. The van der Waals surface area contributed by atoms with Crippen molar-refractivity contribution in [3.63, 3.8) is 0 Å². The van der Waals surface area contributed by atoms with Gasteiger partial charge in [0.15, 0.2) is 5.96 Å². The largest absolute Gasteiger partial charge is 0.434 e. The van der Waals surface area contributed by atoms with Crippen molar-refractivity contribution in [2.45, 2.75) is 26.6 Å². The Morgan fingerprint density at radius 3 is 2.64 bits per heavy atom. The number of aliphatic imine (C=N–C) groups is 1. The summed E-state index contributed by atoms with van der Waals surface area (Å²) in [5.41, 5.74) is 2.61. The van der Waals surface area contributed by atoms with Gasteiger partial charge in [-0.15, -0.1) is 24.0 Å². The fourth-order valence-electron chi connectivity index (χ4n) is 2.21. The van der Waals surface area contributed by atoms with Crippen molar-refractivity contribution in [2.75, 3.05) is 7.05 Å². The van der Waals surface area contributed by atoms with Crippen LogP contribution >= 0.6 is 24.0 Å². The zero-order valence-electron chi connectivity index (χ0n) is 14.3. The molecular weight excluding hydrogens is 443 g/mol. The lowest BCUT2D eigenvalue weighted by Gasteiger charge is -2.15. The van der Waals surface area contributed by atoms with Crippen molar-refractivity contribution in [3.8, 4) is 5.75 Å². The molecule has 25 heavy (non-hydrogen) atoms. The maximum atomic E-state index is 12.5. The summed E-state index contributed by atoms with van der Waals surface area (Å²) < 4.78 is 31.2. The molecular formula is C16H22F2IN5O. The number of aryl methyl sites for hydroxylation is 2. The average molecular weight is 465 g/mol. The van der Waals surface area contributed by atoms with E-state index in [1.165, 1.54) is 0 Å². The van der Waals surface area contributed by atoms with E-state index < -0.39 is 6.61 Å². The summed E-state index contributed by atoms with van der Waals surface area (Å²) in [6.07, 6.45) is 3.66. The molecule has 0 saturated carbocycles. The van der Waals surface area contributed by atoms with Gasteiger partial charge in [-0.1, -0.05) is 17.7 Å². The number of nitrogens with one attached hydrogen (secondary N) is 2. The maximum absolute atomic E-state index is 12.5. The van der Waals surface area contributed by atoms with E-state index in [1.807, 2.05) is 20.2 Å². The lowest BCUT2D eigenvalue weighted by molar-refractivity contribution is -0.0504. The normalized spacial score (nSPS) is 11.2. The standard InChI is InChI=1S/C16H21F2N5O.HI/c1-11-4-5-14(24-15(17)18)13(6-11)9-21-16(19-2)20-7-12-8-22-23(3)10-12;/h4-6,8,10,15H,7,9H2,1-3H3,(H2,19,20,21);1H. The third kappa shape index (κ3) is 6.85. The Labute approximate surface area is 162 Å². The lowest BCUT2D eigenvalue weighted by atomic mass is 10.1. The smallest absolute Gasteiger partial charge is 0.387 e. The number of aromatic nitrogens is 2. The molecule has 0 aliphatic heterocycles. The minimum absolute atomic E-state index is 0. The van der Waals surface area contributed by atoms with E-state index in [0.29, 0.717) is 24.6 Å². The molecule has 2 rings (SSSR count). The van der Waals surface area contributed by atoms with Crippen LogP contribution in [-0.2, 0) is 20.1 Å². The predicted octanol–water partition coefficient (Wildman–Crippen LogP) is 2.81. The Hall–Kier alpha value is -1.91. The Morgan fingerprint density at radius 2 is 2.04 bits per heavy atom.